The highest BCUT2D eigenvalue weighted by molar-refractivity contribution is 6.69. The predicted octanol–water partition coefficient (Wildman–Crippen LogP) is 4.22. The first-order chi connectivity index (χ1) is 10.0. The molecule has 0 heterocycles. The molecule has 0 N–H and O–H groups in total. The molecule has 0 saturated carbocycles. The number of hydrogen-bond acceptors (Lipinski definition) is 3. The van der Waals surface area contributed by atoms with Crippen molar-refractivity contribution in [2.75, 3.05) is 0 Å². The van der Waals surface area contributed by atoms with Gasteiger partial charge in [0.1, 0.15) is 11.5 Å². The molecule has 0 fully saturated rings. The molecule has 2 aromatic carbocycles. The smallest absolute Gasteiger partial charge is 0.256 e. The van der Waals surface area contributed by atoms with E-state index in [1.807, 2.05) is 0 Å². The molecule has 0 aliphatic heterocycles. The number of halogens is 2. The van der Waals surface area contributed by atoms with Crippen molar-refractivity contribution in [2.24, 2.45) is 0 Å². The van der Waals surface area contributed by atoms with Gasteiger partial charge < -0.3 is 4.74 Å². The molecule has 0 radical (unpaired) electrons. The summed E-state index contributed by atoms with van der Waals surface area (Å²) in [5.41, 5.74) is 0.719. The summed E-state index contributed by atoms with van der Waals surface area (Å²) < 4.78 is 5.63. The van der Waals surface area contributed by atoms with Gasteiger partial charge in [0.25, 0.3) is 10.5 Å². The van der Waals surface area contributed by atoms with E-state index in [1.54, 1.807) is 24.3 Å². The highest BCUT2D eigenvalue weighted by atomic mass is 35.5. The predicted molar refractivity (Wildman–Crippen MR) is 81.3 cm³/mol. The Hall–Kier alpha value is -2.28. The fraction of sp³-hybridized carbons (Fsp3) is 0. The van der Waals surface area contributed by atoms with Crippen LogP contribution in [0.15, 0.2) is 42.5 Å². The molecule has 5 heteroatoms. The summed E-state index contributed by atoms with van der Waals surface area (Å²) in [5.74, 6) is 3.08. The third-order valence-electron chi connectivity index (χ3n) is 2.68. The second kappa shape index (κ2) is 6.45. The maximum absolute atomic E-state index is 11.5. The van der Waals surface area contributed by atoms with Gasteiger partial charge in [-0.25, -0.2) is 0 Å². The lowest BCUT2D eigenvalue weighted by Crippen LogP contribution is -1.99. The van der Waals surface area contributed by atoms with Gasteiger partial charge in [-0.05, 0) is 53.5 Å². The van der Waals surface area contributed by atoms with Crippen molar-refractivity contribution in [3.8, 4) is 23.8 Å². The van der Waals surface area contributed by atoms with Crippen molar-refractivity contribution in [3.63, 3.8) is 0 Å². The fourth-order valence-corrected chi connectivity index (χ4v) is 1.95. The summed E-state index contributed by atoms with van der Waals surface area (Å²) in [6.07, 6.45) is 5.38. The molecule has 3 nitrogen and oxygen atoms in total. The van der Waals surface area contributed by atoms with Gasteiger partial charge >= 0.3 is 0 Å². The Labute approximate surface area is 131 Å². The summed E-state index contributed by atoms with van der Waals surface area (Å²) in [6, 6.07) is 11.0. The molecule has 0 aliphatic carbocycles. The van der Waals surface area contributed by atoms with Gasteiger partial charge in [-0.2, -0.15) is 0 Å². The zero-order chi connectivity index (χ0) is 15.4. The van der Waals surface area contributed by atoms with Crippen molar-refractivity contribution in [1.82, 2.24) is 0 Å². The van der Waals surface area contributed by atoms with Crippen LogP contribution in [0.2, 0.25) is 0 Å². The van der Waals surface area contributed by atoms with E-state index in [9.17, 15) is 9.59 Å². The topological polar surface area (TPSA) is 43.4 Å². The Morgan fingerprint density at radius 3 is 2.33 bits per heavy atom. The molecule has 0 amide bonds. The van der Waals surface area contributed by atoms with Crippen LogP contribution in [0.3, 0.4) is 0 Å². The molecular weight excluding hydrogens is 311 g/mol. The normalized spacial score (nSPS) is 9.76. The molecule has 2 rings (SSSR count). The van der Waals surface area contributed by atoms with Gasteiger partial charge in [-0.1, -0.05) is 18.1 Å². The van der Waals surface area contributed by atoms with E-state index >= 15 is 0 Å². The van der Waals surface area contributed by atoms with Gasteiger partial charge in [-0.3, -0.25) is 9.59 Å². The SMILES string of the molecule is C#Cc1ccccc1Oc1ccc(C(=O)Cl)cc1C(=O)Cl. The second-order valence-corrected chi connectivity index (χ2v) is 4.69. The number of hydrogen-bond donors (Lipinski definition) is 0. The lowest BCUT2D eigenvalue weighted by Gasteiger charge is -2.11. The van der Waals surface area contributed by atoms with Gasteiger partial charge in [0.05, 0.1) is 11.1 Å². The van der Waals surface area contributed by atoms with Crippen LogP contribution in [0.1, 0.15) is 26.3 Å². The van der Waals surface area contributed by atoms with Gasteiger partial charge in [0.15, 0.2) is 0 Å². The summed E-state index contributed by atoms with van der Waals surface area (Å²) in [7, 11) is 0. The molecule has 0 spiro atoms. The van der Waals surface area contributed by atoms with Gasteiger partial charge in [0.2, 0.25) is 0 Å². The van der Waals surface area contributed by atoms with Crippen molar-refractivity contribution < 1.29 is 14.3 Å². The zero-order valence-corrected chi connectivity index (χ0v) is 12.1. The summed E-state index contributed by atoms with van der Waals surface area (Å²) in [4.78, 5) is 22.6. The number of terminal acetylenes is 1. The number of carbonyl (C=O) groups excluding carboxylic acids is 2. The number of para-hydroxylation sites is 1. The zero-order valence-electron chi connectivity index (χ0n) is 10.6. The van der Waals surface area contributed by atoms with Crippen LogP contribution in [-0.4, -0.2) is 10.5 Å². The highest BCUT2D eigenvalue weighted by Crippen LogP contribution is 2.30. The van der Waals surface area contributed by atoms with Crippen LogP contribution >= 0.6 is 23.2 Å². The summed E-state index contributed by atoms with van der Waals surface area (Å²) >= 11 is 10.9. The highest BCUT2D eigenvalue weighted by Gasteiger charge is 2.15. The molecule has 2 aromatic rings. The van der Waals surface area contributed by atoms with E-state index in [0.29, 0.717) is 11.3 Å². The monoisotopic (exact) mass is 318 g/mol. The van der Waals surface area contributed by atoms with E-state index < -0.39 is 10.5 Å². The standard InChI is InChI=1S/C16H8Cl2O3/c1-2-10-5-3-4-6-13(10)21-14-8-7-11(15(17)19)9-12(14)16(18)20/h1,3-9H. The third kappa shape index (κ3) is 3.43. The molecule has 0 bridgehead atoms. The Bertz CT molecular complexity index is 760. The Morgan fingerprint density at radius 1 is 1.00 bits per heavy atom. The molecular formula is C16H8Cl2O3. The van der Waals surface area contributed by atoms with Crippen LogP contribution in [0.5, 0.6) is 11.5 Å². The number of ether oxygens (including phenoxy) is 1. The second-order valence-electron chi connectivity index (χ2n) is 4.00. The average Bonchev–Trinajstić information content (AvgIpc) is 2.47. The van der Waals surface area contributed by atoms with Crippen LogP contribution < -0.4 is 4.74 Å². The van der Waals surface area contributed by atoms with Crippen molar-refractivity contribution in [2.45, 2.75) is 0 Å². The Kier molecular flexibility index (Phi) is 4.64. The minimum Gasteiger partial charge on any atom is -0.455 e. The van der Waals surface area contributed by atoms with E-state index in [2.05, 4.69) is 5.92 Å². The first-order valence-corrected chi connectivity index (χ1v) is 6.55. The van der Waals surface area contributed by atoms with E-state index in [4.69, 9.17) is 34.4 Å². The average molecular weight is 319 g/mol. The number of benzene rings is 2. The number of carbonyl (C=O) groups is 2. The molecule has 0 saturated heterocycles. The molecule has 21 heavy (non-hydrogen) atoms. The first kappa shape index (κ1) is 15.1. The van der Waals surface area contributed by atoms with Crippen LogP contribution in [0.4, 0.5) is 0 Å². The van der Waals surface area contributed by atoms with E-state index in [1.165, 1.54) is 18.2 Å². The van der Waals surface area contributed by atoms with Crippen LogP contribution in [-0.2, 0) is 0 Å². The molecule has 104 valence electrons. The Balaban J connectivity index is 2.47. The summed E-state index contributed by atoms with van der Waals surface area (Å²) in [6.45, 7) is 0. The van der Waals surface area contributed by atoms with E-state index in [0.717, 1.165) is 0 Å². The van der Waals surface area contributed by atoms with Crippen molar-refractivity contribution in [1.29, 1.82) is 0 Å². The van der Waals surface area contributed by atoms with E-state index in [-0.39, 0.29) is 16.9 Å². The maximum Gasteiger partial charge on any atom is 0.256 e. The Morgan fingerprint density at radius 2 is 1.71 bits per heavy atom. The molecule has 0 unspecified atom stereocenters. The van der Waals surface area contributed by atoms with Crippen LogP contribution in [0, 0.1) is 12.3 Å². The summed E-state index contributed by atoms with van der Waals surface area (Å²) in [5, 5.41) is -1.45. The fourth-order valence-electron chi connectivity index (χ4n) is 1.69. The number of rotatable bonds is 4. The molecule has 0 aromatic heterocycles. The lowest BCUT2D eigenvalue weighted by atomic mass is 10.1. The molecule has 0 aliphatic rings. The van der Waals surface area contributed by atoms with Gasteiger partial charge in [0, 0.05) is 5.56 Å². The van der Waals surface area contributed by atoms with Crippen LogP contribution in [0.25, 0.3) is 0 Å². The van der Waals surface area contributed by atoms with Crippen molar-refractivity contribution >= 4 is 33.7 Å². The minimum atomic E-state index is -0.761. The first-order valence-electron chi connectivity index (χ1n) is 5.80. The lowest BCUT2D eigenvalue weighted by molar-refractivity contribution is 0.107. The largest absolute Gasteiger partial charge is 0.455 e. The van der Waals surface area contributed by atoms with Crippen molar-refractivity contribution in [3.05, 3.63) is 59.2 Å². The minimum absolute atomic E-state index is 0.0370. The molecule has 0 atom stereocenters. The maximum atomic E-state index is 11.5. The third-order valence-corrected chi connectivity index (χ3v) is 3.10. The quantitative estimate of drug-likeness (QED) is 0.626. The van der Waals surface area contributed by atoms with Gasteiger partial charge in [-0.15, -0.1) is 6.42 Å².